The van der Waals surface area contributed by atoms with Gasteiger partial charge >= 0.3 is 0 Å². The number of aliphatic imine (C=N–C) groups is 1. The summed E-state index contributed by atoms with van der Waals surface area (Å²) in [6.45, 7) is 1.81. The van der Waals surface area contributed by atoms with Crippen LogP contribution in [0.4, 0.5) is 0 Å². The van der Waals surface area contributed by atoms with Gasteiger partial charge < -0.3 is 15.6 Å². The number of halogens is 1. The van der Waals surface area contributed by atoms with E-state index in [4.69, 9.17) is 0 Å². The third-order valence-electron chi connectivity index (χ3n) is 3.18. The number of nitrogens with zero attached hydrogens (tertiary/aromatic N) is 1. The summed E-state index contributed by atoms with van der Waals surface area (Å²) in [6.07, 6.45) is 5.18. The molecule has 3 N–H and O–H groups in total. The number of aromatic nitrogens is 1. The molecule has 0 spiro atoms. The van der Waals surface area contributed by atoms with E-state index in [9.17, 15) is 0 Å². The van der Waals surface area contributed by atoms with E-state index in [1.54, 1.807) is 7.05 Å². The predicted octanol–water partition coefficient (Wildman–Crippen LogP) is 2.86. The minimum absolute atomic E-state index is 0. The number of para-hydroxylation sites is 1. The highest BCUT2D eigenvalue weighted by atomic mass is 127. The van der Waals surface area contributed by atoms with E-state index in [1.165, 1.54) is 16.5 Å². The summed E-state index contributed by atoms with van der Waals surface area (Å²) in [5.74, 6) is 1.96. The lowest BCUT2D eigenvalue weighted by atomic mass is 10.1. The molecule has 1 aromatic heterocycles. The Labute approximate surface area is 147 Å². The van der Waals surface area contributed by atoms with Crippen LogP contribution in [-0.2, 0) is 6.42 Å². The first-order chi connectivity index (χ1) is 9.85. The zero-order valence-corrected chi connectivity index (χ0v) is 15.6. The fourth-order valence-corrected chi connectivity index (χ4v) is 2.45. The number of hydrogen-bond donors (Lipinski definition) is 3. The Kier molecular flexibility index (Phi) is 8.60. The number of guanidine groups is 1. The summed E-state index contributed by atoms with van der Waals surface area (Å²) in [4.78, 5) is 7.52. The Balaban J connectivity index is 0.00000220. The molecule has 0 saturated carbocycles. The predicted molar refractivity (Wildman–Crippen MR) is 105 cm³/mol. The molecule has 0 radical (unpaired) electrons. The van der Waals surface area contributed by atoms with Crippen LogP contribution in [0.5, 0.6) is 0 Å². The maximum absolute atomic E-state index is 4.22. The second-order valence-electron chi connectivity index (χ2n) is 4.53. The van der Waals surface area contributed by atoms with Gasteiger partial charge in [0, 0.05) is 43.0 Å². The average Bonchev–Trinajstić information content (AvgIpc) is 2.89. The van der Waals surface area contributed by atoms with Gasteiger partial charge in [0.1, 0.15) is 0 Å². The van der Waals surface area contributed by atoms with E-state index in [2.05, 4.69) is 57.3 Å². The molecule has 116 valence electrons. The molecule has 0 aliphatic carbocycles. The summed E-state index contributed by atoms with van der Waals surface area (Å²) in [7, 11) is 1.81. The van der Waals surface area contributed by atoms with Gasteiger partial charge in [-0.3, -0.25) is 4.99 Å². The van der Waals surface area contributed by atoms with Crippen molar-refractivity contribution < 1.29 is 0 Å². The Morgan fingerprint density at radius 1 is 1.24 bits per heavy atom. The molecule has 0 aliphatic rings. The van der Waals surface area contributed by atoms with Crippen LogP contribution in [0, 0.1) is 0 Å². The summed E-state index contributed by atoms with van der Waals surface area (Å²) >= 11 is 1.83. The third kappa shape index (κ3) is 5.43. The molecule has 0 atom stereocenters. The lowest BCUT2D eigenvalue weighted by Crippen LogP contribution is -2.39. The fourth-order valence-electron chi connectivity index (χ4n) is 2.15. The molecule has 0 saturated heterocycles. The Hall–Kier alpha value is -0.890. The molecule has 0 amide bonds. The number of aromatic amines is 1. The summed E-state index contributed by atoms with van der Waals surface area (Å²) in [5.41, 5.74) is 2.54. The number of hydrogen-bond acceptors (Lipinski definition) is 2. The number of H-pyrrole nitrogens is 1. The van der Waals surface area contributed by atoms with Crippen LogP contribution in [0.2, 0.25) is 0 Å². The van der Waals surface area contributed by atoms with Crippen LogP contribution in [0.1, 0.15) is 5.56 Å². The first-order valence-corrected chi connectivity index (χ1v) is 8.23. The van der Waals surface area contributed by atoms with E-state index in [-0.39, 0.29) is 24.0 Å². The van der Waals surface area contributed by atoms with Gasteiger partial charge in [0.2, 0.25) is 0 Å². The average molecular weight is 418 g/mol. The van der Waals surface area contributed by atoms with Gasteiger partial charge in [-0.25, -0.2) is 0 Å². The van der Waals surface area contributed by atoms with Crippen molar-refractivity contribution in [1.29, 1.82) is 0 Å². The zero-order valence-electron chi connectivity index (χ0n) is 12.5. The van der Waals surface area contributed by atoms with E-state index < -0.39 is 0 Å². The van der Waals surface area contributed by atoms with Crippen molar-refractivity contribution in [2.75, 3.05) is 32.1 Å². The molecular weight excluding hydrogens is 395 g/mol. The Morgan fingerprint density at radius 2 is 2.00 bits per heavy atom. The largest absolute Gasteiger partial charge is 0.361 e. The lowest BCUT2D eigenvalue weighted by molar-refractivity contribution is 0.814. The standard InChI is InChI=1S/C15H22N4S.HI/c1-16-15(18-9-10-20-2)17-8-7-12-11-19-14-6-4-3-5-13(12)14;/h3-6,11,19H,7-10H2,1-2H3,(H2,16,17,18);1H. The van der Waals surface area contributed by atoms with Crippen LogP contribution in [0.15, 0.2) is 35.5 Å². The van der Waals surface area contributed by atoms with Crippen molar-refractivity contribution in [1.82, 2.24) is 15.6 Å². The first kappa shape index (κ1) is 18.2. The van der Waals surface area contributed by atoms with Gasteiger partial charge in [-0.2, -0.15) is 11.8 Å². The smallest absolute Gasteiger partial charge is 0.191 e. The first-order valence-electron chi connectivity index (χ1n) is 6.83. The lowest BCUT2D eigenvalue weighted by Gasteiger charge is -2.11. The van der Waals surface area contributed by atoms with Crippen LogP contribution < -0.4 is 10.6 Å². The molecule has 0 unspecified atom stereocenters. The topological polar surface area (TPSA) is 52.2 Å². The van der Waals surface area contributed by atoms with Crippen molar-refractivity contribution in [2.24, 2.45) is 4.99 Å². The molecule has 2 rings (SSSR count). The normalized spacial score (nSPS) is 11.2. The van der Waals surface area contributed by atoms with Crippen molar-refractivity contribution in [3.8, 4) is 0 Å². The minimum atomic E-state index is 0. The van der Waals surface area contributed by atoms with Gasteiger partial charge in [-0.1, -0.05) is 18.2 Å². The molecular formula is C15H23IN4S. The van der Waals surface area contributed by atoms with E-state index in [0.29, 0.717) is 0 Å². The van der Waals surface area contributed by atoms with Gasteiger partial charge in [-0.15, -0.1) is 24.0 Å². The number of fused-ring (bicyclic) bond motifs is 1. The Bertz CT molecular complexity index is 568. The van der Waals surface area contributed by atoms with Crippen molar-refractivity contribution >= 4 is 52.6 Å². The van der Waals surface area contributed by atoms with Gasteiger partial charge in [-0.05, 0) is 24.3 Å². The van der Waals surface area contributed by atoms with E-state index in [0.717, 1.165) is 31.2 Å². The molecule has 2 aromatic rings. The molecule has 0 aliphatic heterocycles. The second-order valence-corrected chi connectivity index (χ2v) is 5.51. The maximum Gasteiger partial charge on any atom is 0.191 e. The summed E-state index contributed by atoms with van der Waals surface area (Å²) < 4.78 is 0. The van der Waals surface area contributed by atoms with Crippen LogP contribution >= 0.6 is 35.7 Å². The summed E-state index contributed by atoms with van der Waals surface area (Å²) in [5, 5.41) is 7.95. The monoisotopic (exact) mass is 418 g/mol. The highest BCUT2D eigenvalue weighted by Gasteiger charge is 2.03. The molecule has 4 nitrogen and oxygen atoms in total. The molecule has 6 heteroatoms. The number of thioether (sulfide) groups is 1. The highest BCUT2D eigenvalue weighted by Crippen LogP contribution is 2.17. The van der Waals surface area contributed by atoms with Crippen molar-refractivity contribution in [3.05, 3.63) is 36.0 Å². The third-order valence-corrected chi connectivity index (χ3v) is 3.80. The fraction of sp³-hybridized carbons (Fsp3) is 0.400. The molecule has 1 aromatic carbocycles. The number of nitrogens with one attached hydrogen (secondary N) is 3. The quantitative estimate of drug-likeness (QED) is 0.293. The van der Waals surface area contributed by atoms with Gasteiger partial charge in [0.05, 0.1) is 0 Å². The highest BCUT2D eigenvalue weighted by molar-refractivity contribution is 14.0. The Morgan fingerprint density at radius 3 is 2.76 bits per heavy atom. The molecule has 0 bridgehead atoms. The second kappa shape index (κ2) is 9.94. The van der Waals surface area contributed by atoms with Gasteiger partial charge in [0.15, 0.2) is 5.96 Å². The zero-order chi connectivity index (χ0) is 14.2. The van der Waals surface area contributed by atoms with Gasteiger partial charge in [0.25, 0.3) is 0 Å². The van der Waals surface area contributed by atoms with Crippen LogP contribution in [0.25, 0.3) is 10.9 Å². The minimum Gasteiger partial charge on any atom is -0.361 e. The van der Waals surface area contributed by atoms with Crippen molar-refractivity contribution in [2.45, 2.75) is 6.42 Å². The van der Waals surface area contributed by atoms with E-state index >= 15 is 0 Å². The van der Waals surface area contributed by atoms with Crippen LogP contribution in [-0.4, -0.2) is 43.1 Å². The molecule has 0 fully saturated rings. The van der Waals surface area contributed by atoms with Crippen molar-refractivity contribution in [3.63, 3.8) is 0 Å². The SMILES string of the molecule is CN=C(NCCSC)NCCc1c[nH]c2ccccc12.I. The number of rotatable bonds is 6. The summed E-state index contributed by atoms with van der Waals surface area (Å²) in [6, 6.07) is 8.40. The maximum atomic E-state index is 4.22. The van der Waals surface area contributed by atoms with Crippen LogP contribution in [0.3, 0.4) is 0 Å². The molecule has 21 heavy (non-hydrogen) atoms. The molecule has 1 heterocycles. The van der Waals surface area contributed by atoms with E-state index in [1.807, 2.05) is 11.8 Å². The number of benzene rings is 1.